The Morgan fingerprint density at radius 1 is 1.64 bits per heavy atom. The van der Waals surface area contributed by atoms with Crippen molar-refractivity contribution in [1.29, 1.82) is 0 Å². The molecule has 3 nitrogen and oxygen atoms in total. The zero-order chi connectivity index (χ0) is 8.27. The Bertz CT molecular complexity index is 204. The van der Waals surface area contributed by atoms with Crippen LogP contribution in [0.5, 0.6) is 0 Å². The van der Waals surface area contributed by atoms with E-state index in [0.717, 1.165) is 5.75 Å². The number of carbonyl (C=O) groups excluding carboxylic acids is 2. The van der Waals surface area contributed by atoms with Crippen LogP contribution in [-0.4, -0.2) is 24.0 Å². The van der Waals surface area contributed by atoms with E-state index in [-0.39, 0.29) is 18.2 Å². The van der Waals surface area contributed by atoms with E-state index in [1.807, 2.05) is 6.92 Å². The normalized spacial score (nSPS) is 21.0. The van der Waals surface area contributed by atoms with Crippen molar-refractivity contribution >= 4 is 23.5 Å². The fourth-order valence-corrected chi connectivity index (χ4v) is 1.34. The highest BCUT2D eigenvalue weighted by Gasteiger charge is 2.24. The van der Waals surface area contributed by atoms with Crippen LogP contribution >= 0.6 is 11.8 Å². The van der Waals surface area contributed by atoms with Gasteiger partial charge in [-0.15, -0.1) is 11.8 Å². The highest BCUT2D eigenvalue weighted by molar-refractivity contribution is 8.02. The van der Waals surface area contributed by atoms with E-state index in [2.05, 4.69) is 5.32 Å². The summed E-state index contributed by atoms with van der Waals surface area (Å²) in [4.78, 5) is 21.8. The fourth-order valence-electron chi connectivity index (χ4n) is 0.764. The lowest BCUT2D eigenvalue weighted by atomic mass is 10.2. The number of thioether (sulfide) groups is 1. The van der Waals surface area contributed by atoms with Gasteiger partial charge in [-0.2, -0.15) is 0 Å². The number of ketones is 1. The molecule has 1 rings (SSSR count). The summed E-state index contributed by atoms with van der Waals surface area (Å²) < 4.78 is 0. The monoisotopic (exact) mass is 171 g/mol. The van der Waals surface area contributed by atoms with E-state index in [1.165, 1.54) is 11.8 Å². The average Bonchev–Trinajstić information content (AvgIpc) is 2.29. The smallest absolute Gasteiger partial charge is 0.255 e. The first-order valence-corrected chi connectivity index (χ1v) is 4.43. The molecule has 4 heteroatoms. The summed E-state index contributed by atoms with van der Waals surface area (Å²) in [5, 5.41) is 4.09. The lowest BCUT2D eigenvalue weighted by Crippen LogP contribution is -2.14. The number of Topliss-reactive ketones (excluding diaryl/α,β-unsaturated/α-hetero) is 1. The van der Waals surface area contributed by atoms with Crippen LogP contribution in [0.3, 0.4) is 0 Å². The molecule has 1 heterocycles. The summed E-state index contributed by atoms with van der Waals surface area (Å²) in [5.41, 5.74) is 0.303. The van der Waals surface area contributed by atoms with Gasteiger partial charge in [-0.1, -0.05) is 6.92 Å². The third kappa shape index (κ3) is 1.83. The van der Waals surface area contributed by atoms with E-state index in [1.54, 1.807) is 5.41 Å². The van der Waals surface area contributed by atoms with Crippen molar-refractivity contribution in [2.45, 2.75) is 6.92 Å². The molecular formula is C7H9NO2S. The van der Waals surface area contributed by atoms with Gasteiger partial charge < -0.3 is 5.32 Å². The second-order valence-electron chi connectivity index (χ2n) is 2.09. The van der Waals surface area contributed by atoms with Crippen molar-refractivity contribution in [1.82, 2.24) is 5.32 Å². The predicted molar refractivity (Wildman–Crippen MR) is 44.2 cm³/mol. The van der Waals surface area contributed by atoms with Crippen LogP contribution in [0.2, 0.25) is 0 Å². The second kappa shape index (κ2) is 3.57. The number of hydrogen-bond donors (Lipinski definition) is 1. The van der Waals surface area contributed by atoms with Gasteiger partial charge in [0, 0.05) is 0 Å². The molecule has 60 valence electrons. The molecule has 0 atom stereocenters. The second-order valence-corrected chi connectivity index (χ2v) is 3.24. The third-order valence-corrected chi connectivity index (χ3v) is 2.06. The summed E-state index contributed by atoms with van der Waals surface area (Å²) >= 11 is 1.47. The maximum absolute atomic E-state index is 10.9. The first kappa shape index (κ1) is 8.33. The van der Waals surface area contributed by atoms with Gasteiger partial charge >= 0.3 is 0 Å². The lowest BCUT2D eigenvalue weighted by molar-refractivity contribution is -0.117. The van der Waals surface area contributed by atoms with Gasteiger partial charge in [-0.3, -0.25) is 9.59 Å². The minimum absolute atomic E-state index is 0.101. The molecular weight excluding hydrogens is 162 g/mol. The molecule has 0 bridgehead atoms. The maximum atomic E-state index is 10.9. The standard InChI is InChI=1S/C7H9NO2S/c1-2-11-4-5-6(9)3-8-7(5)10/h4H,2-3H2,1H3,(H,8,10)/b5-4-. The first-order chi connectivity index (χ1) is 5.25. The van der Waals surface area contributed by atoms with Crippen molar-refractivity contribution in [3.63, 3.8) is 0 Å². The van der Waals surface area contributed by atoms with Crippen molar-refractivity contribution in [2.24, 2.45) is 0 Å². The molecule has 11 heavy (non-hydrogen) atoms. The van der Waals surface area contributed by atoms with E-state index in [9.17, 15) is 9.59 Å². The molecule has 0 spiro atoms. The van der Waals surface area contributed by atoms with E-state index < -0.39 is 0 Å². The van der Waals surface area contributed by atoms with Gasteiger partial charge in [-0.05, 0) is 11.2 Å². The molecule has 1 N–H and O–H groups in total. The SMILES string of the molecule is CCS/C=C1/C(=O)CNC1=O. The average molecular weight is 171 g/mol. The highest BCUT2D eigenvalue weighted by Crippen LogP contribution is 2.10. The maximum Gasteiger partial charge on any atom is 0.255 e. The van der Waals surface area contributed by atoms with E-state index in [0.29, 0.717) is 5.57 Å². The van der Waals surface area contributed by atoms with E-state index >= 15 is 0 Å². The third-order valence-electron chi connectivity index (χ3n) is 1.32. The van der Waals surface area contributed by atoms with Crippen molar-refractivity contribution in [3.8, 4) is 0 Å². The molecule has 0 aromatic heterocycles. The molecule has 1 amide bonds. The lowest BCUT2D eigenvalue weighted by Gasteiger charge is -1.89. The molecule has 0 radical (unpaired) electrons. The molecule has 0 aromatic rings. The summed E-state index contributed by atoms with van der Waals surface area (Å²) in [6.45, 7) is 2.13. The van der Waals surface area contributed by atoms with Crippen molar-refractivity contribution < 1.29 is 9.59 Å². The van der Waals surface area contributed by atoms with E-state index in [4.69, 9.17) is 0 Å². The minimum Gasteiger partial charge on any atom is -0.344 e. The Kier molecular flexibility index (Phi) is 2.70. The molecule has 0 aliphatic carbocycles. The number of carbonyl (C=O) groups is 2. The van der Waals surface area contributed by atoms with Crippen LogP contribution in [0.4, 0.5) is 0 Å². The van der Waals surface area contributed by atoms with Gasteiger partial charge in [-0.25, -0.2) is 0 Å². The van der Waals surface area contributed by atoms with Gasteiger partial charge in [0.2, 0.25) is 0 Å². The van der Waals surface area contributed by atoms with Crippen LogP contribution < -0.4 is 5.32 Å². The molecule has 1 saturated heterocycles. The number of hydrogen-bond acceptors (Lipinski definition) is 3. The Morgan fingerprint density at radius 3 is 2.82 bits per heavy atom. The van der Waals surface area contributed by atoms with Crippen molar-refractivity contribution in [2.75, 3.05) is 12.3 Å². The fraction of sp³-hybridized carbons (Fsp3) is 0.429. The van der Waals surface area contributed by atoms with Crippen LogP contribution in [0, 0.1) is 0 Å². The van der Waals surface area contributed by atoms with Crippen LogP contribution in [0.25, 0.3) is 0 Å². The van der Waals surface area contributed by atoms with Crippen molar-refractivity contribution in [3.05, 3.63) is 11.0 Å². The number of rotatable bonds is 2. The van der Waals surface area contributed by atoms with Gasteiger partial charge in [0.05, 0.1) is 12.1 Å². The molecule has 0 aromatic carbocycles. The number of amides is 1. The van der Waals surface area contributed by atoms with Gasteiger partial charge in [0.25, 0.3) is 5.91 Å². The zero-order valence-electron chi connectivity index (χ0n) is 6.22. The topological polar surface area (TPSA) is 46.2 Å². The Morgan fingerprint density at radius 2 is 2.36 bits per heavy atom. The Balaban J connectivity index is 2.68. The van der Waals surface area contributed by atoms with Crippen LogP contribution in [0.1, 0.15) is 6.92 Å². The molecule has 1 aliphatic heterocycles. The summed E-state index contributed by atoms with van der Waals surface area (Å²) in [6, 6.07) is 0. The molecule has 0 unspecified atom stereocenters. The first-order valence-electron chi connectivity index (χ1n) is 3.39. The predicted octanol–water partition coefficient (Wildman–Crippen LogP) is 0.322. The van der Waals surface area contributed by atoms with Gasteiger partial charge in [0.1, 0.15) is 0 Å². The minimum atomic E-state index is -0.240. The van der Waals surface area contributed by atoms with Gasteiger partial charge in [0.15, 0.2) is 5.78 Å². The summed E-state index contributed by atoms with van der Waals surface area (Å²) in [5.74, 6) is 0.538. The highest BCUT2D eigenvalue weighted by atomic mass is 32.2. The van der Waals surface area contributed by atoms with Crippen LogP contribution in [0.15, 0.2) is 11.0 Å². The molecule has 0 saturated carbocycles. The quantitative estimate of drug-likeness (QED) is 0.481. The Hall–Kier alpha value is -0.770. The zero-order valence-corrected chi connectivity index (χ0v) is 7.03. The Labute approximate surface area is 69.2 Å². The summed E-state index contributed by atoms with van der Waals surface area (Å²) in [7, 11) is 0. The summed E-state index contributed by atoms with van der Waals surface area (Å²) in [6.07, 6.45) is 0. The number of nitrogens with one attached hydrogen (secondary N) is 1. The largest absolute Gasteiger partial charge is 0.344 e. The molecule has 1 fully saturated rings. The molecule has 1 aliphatic rings. The van der Waals surface area contributed by atoms with Crippen LogP contribution in [-0.2, 0) is 9.59 Å².